The summed E-state index contributed by atoms with van der Waals surface area (Å²) >= 11 is 0. The number of halogens is 3. The number of alkyl halides is 3. The lowest BCUT2D eigenvalue weighted by Gasteiger charge is -2.17. The quantitative estimate of drug-likeness (QED) is 0.731. The maximum absolute atomic E-state index is 12.0. The molecule has 0 bridgehead atoms. The molecule has 0 saturated heterocycles. The van der Waals surface area contributed by atoms with Crippen molar-refractivity contribution < 1.29 is 26.3 Å². The first-order valence-corrected chi connectivity index (χ1v) is 5.20. The number of rotatable bonds is 2. The van der Waals surface area contributed by atoms with Gasteiger partial charge in [-0.1, -0.05) is 6.07 Å². The van der Waals surface area contributed by atoms with Crippen LogP contribution in [-0.4, -0.2) is 13.9 Å². The lowest BCUT2D eigenvalue weighted by molar-refractivity contribution is -0.621. The molecule has 0 spiro atoms. The van der Waals surface area contributed by atoms with E-state index in [1.807, 2.05) is 0 Å². The summed E-state index contributed by atoms with van der Waals surface area (Å²) in [6.07, 6.45) is 1.12. The Hall–Kier alpha value is -1.31. The fraction of sp³-hybridized carbons (Fsp3) is 0.286. The zero-order chi connectivity index (χ0) is 11.7. The molecule has 1 aromatic rings. The van der Waals surface area contributed by atoms with E-state index in [1.54, 1.807) is 6.07 Å². The monoisotopic (exact) mass is 240 g/mol. The summed E-state index contributed by atoms with van der Waals surface area (Å²) in [5, 5.41) is 0. The molecule has 0 aliphatic carbocycles. The summed E-state index contributed by atoms with van der Waals surface area (Å²) in [5.74, 6) is 0. The van der Waals surface area contributed by atoms with Gasteiger partial charge in [-0.25, -0.2) is 13.1 Å². The summed E-state index contributed by atoms with van der Waals surface area (Å²) in [7, 11) is -5.49. The van der Waals surface area contributed by atoms with Gasteiger partial charge in [-0.2, -0.15) is 13.2 Å². The van der Waals surface area contributed by atoms with E-state index >= 15 is 0 Å². The van der Waals surface area contributed by atoms with Crippen molar-refractivity contribution in [3.8, 4) is 0 Å². The van der Waals surface area contributed by atoms with Crippen molar-refractivity contribution >= 4 is 10.0 Å². The third-order valence-electron chi connectivity index (χ3n) is 1.53. The number of nitrogens with zero attached hydrogens (tertiary/aromatic N) is 2. The van der Waals surface area contributed by atoms with Crippen LogP contribution >= 0.6 is 0 Å². The normalized spacial score (nSPS) is 12.5. The molecular weight excluding hydrogens is 233 g/mol. The minimum atomic E-state index is -5.49. The molecule has 4 nitrogen and oxygen atoms in total. The maximum atomic E-state index is 12.0. The highest BCUT2D eigenvalue weighted by Crippen LogP contribution is 2.26. The highest BCUT2D eigenvalue weighted by Gasteiger charge is 2.41. The van der Waals surface area contributed by atoms with Crippen LogP contribution in [0.15, 0.2) is 24.4 Å². The molecule has 0 unspecified atom stereocenters. The standard InChI is InChI=1S/C7H7F3N2O2S/c1-6-4-2-3-5-12(6)11-15(13,14)7(8,9)10/h2-5H,1H3. The van der Waals surface area contributed by atoms with E-state index in [0.29, 0.717) is 4.68 Å². The van der Waals surface area contributed by atoms with Gasteiger partial charge in [0.2, 0.25) is 10.0 Å². The second kappa shape index (κ2) is 3.69. The lowest BCUT2D eigenvalue weighted by atomic mass is 10.4. The molecule has 0 N–H and O–H groups in total. The second-order valence-electron chi connectivity index (χ2n) is 2.69. The van der Waals surface area contributed by atoms with Crippen molar-refractivity contribution in [3.05, 3.63) is 34.9 Å². The van der Waals surface area contributed by atoms with Gasteiger partial charge in [-0.15, -0.1) is 0 Å². The van der Waals surface area contributed by atoms with Crippen LogP contribution in [0.25, 0.3) is 4.83 Å². The molecule has 1 aromatic heterocycles. The number of pyridine rings is 1. The molecule has 84 valence electrons. The highest BCUT2D eigenvalue weighted by atomic mass is 32.2. The fourth-order valence-electron chi connectivity index (χ4n) is 0.774. The van der Waals surface area contributed by atoms with Crippen LogP contribution in [0.4, 0.5) is 13.2 Å². The molecule has 0 saturated carbocycles. The molecule has 0 aliphatic rings. The van der Waals surface area contributed by atoms with Crippen LogP contribution in [0, 0.1) is 6.92 Å². The van der Waals surface area contributed by atoms with Crippen LogP contribution in [0.1, 0.15) is 5.69 Å². The molecule has 0 atom stereocenters. The van der Waals surface area contributed by atoms with Crippen LogP contribution < -0.4 is 4.68 Å². The molecular formula is C7H7F3N2O2S. The highest BCUT2D eigenvalue weighted by molar-refractivity contribution is 7.94. The van der Waals surface area contributed by atoms with Crippen LogP contribution in [0.2, 0.25) is 0 Å². The summed E-state index contributed by atoms with van der Waals surface area (Å²) in [5.41, 5.74) is -5.09. The molecule has 1 rings (SSSR count). The maximum Gasteiger partial charge on any atom is 0.487 e. The summed E-state index contributed by atoms with van der Waals surface area (Å²) in [4.78, 5) is 2.63. The summed E-state index contributed by atoms with van der Waals surface area (Å²) in [6.45, 7) is 1.44. The Kier molecular flexibility index (Phi) is 2.89. The number of hydrogen-bond acceptors (Lipinski definition) is 2. The second-order valence-corrected chi connectivity index (χ2v) is 4.27. The molecule has 1 heterocycles. The summed E-state index contributed by atoms with van der Waals surface area (Å²) in [6, 6.07) is 4.37. The largest absolute Gasteiger partial charge is 0.487 e. The topological polar surface area (TPSA) is 52.1 Å². The third kappa shape index (κ3) is 2.58. The molecule has 0 aromatic carbocycles. The number of aryl methyl sites for hydroxylation is 1. The summed E-state index contributed by atoms with van der Waals surface area (Å²) < 4.78 is 57.8. The van der Waals surface area contributed by atoms with E-state index in [2.05, 4.69) is 4.83 Å². The first kappa shape index (κ1) is 11.8. The van der Waals surface area contributed by atoms with Gasteiger partial charge in [0.05, 0.1) is 0 Å². The molecule has 0 amide bonds. The number of aromatic nitrogens is 1. The first-order chi connectivity index (χ1) is 6.74. The van der Waals surface area contributed by atoms with E-state index in [-0.39, 0.29) is 5.69 Å². The smallest absolute Gasteiger partial charge is 0.314 e. The average Bonchev–Trinajstić information content (AvgIpc) is 2.06. The van der Waals surface area contributed by atoms with Gasteiger partial charge >= 0.3 is 5.51 Å². The van der Waals surface area contributed by atoms with Crippen molar-refractivity contribution in [2.24, 2.45) is 0 Å². The van der Waals surface area contributed by atoms with E-state index in [0.717, 1.165) is 6.20 Å². The SMILES string of the molecule is Cc1cccc[n+]1[N-]S(=O)(=O)C(F)(F)F. The van der Waals surface area contributed by atoms with Crippen molar-refractivity contribution in [1.82, 2.24) is 0 Å². The van der Waals surface area contributed by atoms with Crippen LogP contribution in [0.3, 0.4) is 0 Å². The Morgan fingerprint density at radius 2 is 1.93 bits per heavy atom. The van der Waals surface area contributed by atoms with Crippen molar-refractivity contribution in [2.75, 3.05) is 0 Å². The Morgan fingerprint density at radius 3 is 2.40 bits per heavy atom. The van der Waals surface area contributed by atoms with Gasteiger partial charge in [0.25, 0.3) is 0 Å². The minimum Gasteiger partial charge on any atom is -0.314 e. The van der Waals surface area contributed by atoms with E-state index in [4.69, 9.17) is 0 Å². The predicted molar refractivity (Wildman–Crippen MR) is 45.1 cm³/mol. The van der Waals surface area contributed by atoms with E-state index < -0.39 is 15.5 Å². The van der Waals surface area contributed by atoms with Gasteiger partial charge in [-0.05, 0) is 0 Å². The van der Waals surface area contributed by atoms with E-state index in [9.17, 15) is 21.6 Å². The fourth-order valence-corrected chi connectivity index (χ4v) is 1.28. The zero-order valence-electron chi connectivity index (χ0n) is 7.56. The van der Waals surface area contributed by atoms with Gasteiger partial charge in [0.15, 0.2) is 11.9 Å². The Balaban J connectivity index is 3.03. The Labute approximate surface area is 84.4 Å². The Bertz CT molecular complexity index is 456. The molecule has 15 heavy (non-hydrogen) atoms. The van der Waals surface area contributed by atoms with Crippen molar-refractivity contribution in [1.29, 1.82) is 0 Å². The predicted octanol–water partition coefficient (Wildman–Crippen LogP) is 1.27. The number of sulfonamides is 1. The lowest BCUT2D eigenvalue weighted by Crippen LogP contribution is -2.39. The Morgan fingerprint density at radius 1 is 1.33 bits per heavy atom. The molecule has 8 heteroatoms. The van der Waals surface area contributed by atoms with Gasteiger partial charge in [-0.3, -0.25) is 0 Å². The first-order valence-electron chi connectivity index (χ1n) is 3.76. The molecule has 0 aliphatic heterocycles. The zero-order valence-corrected chi connectivity index (χ0v) is 8.38. The van der Waals surface area contributed by atoms with Gasteiger partial charge < -0.3 is 4.83 Å². The van der Waals surface area contributed by atoms with Gasteiger partial charge in [0, 0.05) is 19.1 Å². The number of hydrogen-bond donors (Lipinski definition) is 0. The van der Waals surface area contributed by atoms with Crippen molar-refractivity contribution in [2.45, 2.75) is 12.4 Å². The van der Waals surface area contributed by atoms with Crippen LogP contribution in [-0.2, 0) is 10.0 Å². The van der Waals surface area contributed by atoms with Crippen LogP contribution in [0.5, 0.6) is 0 Å². The van der Waals surface area contributed by atoms with Crippen molar-refractivity contribution in [3.63, 3.8) is 0 Å². The average molecular weight is 240 g/mol. The third-order valence-corrected chi connectivity index (χ3v) is 2.50. The molecule has 0 radical (unpaired) electrons. The van der Waals surface area contributed by atoms with E-state index in [1.165, 1.54) is 19.1 Å². The minimum absolute atomic E-state index is 0.283. The van der Waals surface area contributed by atoms with Gasteiger partial charge in [0.1, 0.15) is 0 Å². The molecule has 0 fully saturated rings.